The van der Waals surface area contributed by atoms with Crippen LogP contribution in [0.3, 0.4) is 0 Å². The molecule has 272 valence electrons. The van der Waals surface area contributed by atoms with Gasteiger partial charge in [0.15, 0.2) is 10.8 Å². The number of ether oxygens (including phenoxy) is 3. The highest BCUT2D eigenvalue weighted by molar-refractivity contribution is 6.32. The zero-order valence-corrected chi connectivity index (χ0v) is 28.5. The lowest BCUT2D eigenvalue weighted by atomic mass is 9.98. The van der Waals surface area contributed by atoms with Crippen LogP contribution in [-0.4, -0.2) is 78.5 Å². The maximum absolute atomic E-state index is 13.0. The molecule has 0 saturated carbocycles. The highest BCUT2D eigenvalue weighted by atomic mass is 35.5. The quantitative estimate of drug-likeness (QED) is 0.0488. The second-order valence-electron chi connectivity index (χ2n) is 10.8. The Bertz CT molecular complexity index is 1800. The third-order valence-electron chi connectivity index (χ3n) is 7.17. The average Bonchev–Trinajstić information content (AvgIpc) is 3.72. The number of aryl methyl sites for hydroxylation is 1. The molecule has 0 spiro atoms. The summed E-state index contributed by atoms with van der Waals surface area (Å²) >= 11 is 6.42. The normalized spacial score (nSPS) is 11.4. The third-order valence-corrected chi connectivity index (χ3v) is 7.43. The van der Waals surface area contributed by atoms with Gasteiger partial charge < -0.3 is 28.5 Å². The molecule has 1 atom stereocenters. The first-order chi connectivity index (χ1) is 24.6. The molecule has 51 heavy (non-hydrogen) atoms. The summed E-state index contributed by atoms with van der Waals surface area (Å²) in [7, 11) is 0. The topological polar surface area (TPSA) is 228 Å². The molecule has 20 heteroatoms. The van der Waals surface area contributed by atoms with Gasteiger partial charge in [0, 0.05) is 31.4 Å². The molecule has 0 radical (unpaired) electrons. The molecular formula is C31H35ClN8O11. The minimum Gasteiger partial charge on any atom is -0.461 e. The number of carbonyl (C=O) groups excluding carboxylic acids is 2. The molecular weight excluding hydrogens is 696 g/mol. The Balaban J connectivity index is 1.45. The van der Waals surface area contributed by atoms with E-state index in [4.69, 9.17) is 25.8 Å². The van der Waals surface area contributed by atoms with E-state index in [1.165, 1.54) is 6.92 Å². The zero-order chi connectivity index (χ0) is 36.8. The van der Waals surface area contributed by atoms with Gasteiger partial charge >= 0.3 is 12.1 Å². The van der Waals surface area contributed by atoms with Crippen molar-refractivity contribution in [1.82, 2.24) is 29.8 Å². The van der Waals surface area contributed by atoms with Crippen molar-refractivity contribution in [2.75, 3.05) is 26.4 Å². The number of carbonyl (C=O) groups is 2. The van der Waals surface area contributed by atoms with Gasteiger partial charge in [-0.1, -0.05) is 73.5 Å². The van der Waals surface area contributed by atoms with E-state index < -0.39 is 28.5 Å². The summed E-state index contributed by atoms with van der Waals surface area (Å²) in [6, 6.07) is 15.0. The Morgan fingerprint density at radius 3 is 2.20 bits per heavy atom. The van der Waals surface area contributed by atoms with E-state index in [2.05, 4.69) is 30.1 Å². The maximum atomic E-state index is 13.0. The Morgan fingerprint density at radius 2 is 1.55 bits per heavy atom. The number of hydrogen-bond donors (Lipinski definition) is 0. The highest BCUT2D eigenvalue weighted by Crippen LogP contribution is 2.31. The van der Waals surface area contributed by atoms with Gasteiger partial charge in [-0.2, -0.15) is 0 Å². The van der Waals surface area contributed by atoms with Crippen molar-refractivity contribution < 1.29 is 43.6 Å². The number of aromatic nitrogens is 6. The summed E-state index contributed by atoms with van der Waals surface area (Å²) in [5, 5.41) is 31.3. The zero-order valence-electron chi connectivity index (χ0n) is 27.7. The van der Waals surface area contributed by atoms with Crippen LogP contribution in [-0.2, 0) is 36.9 Å². The monoisotopic (exact) mass is 730 g/mol. The van der Waals surface area contributed by atoms with Crippen LogP contribution in [0.1, 0.15) is 67.6 Å². The Kier molecular flexibility index (Phi) is 14.0. The molecule has 0 fully saturated rings. The van der Waals surface area contributed by atoms with Gasteiger partial charge in [-0.05, 0) is 35.2 Å². The lowest BCUT2D eigenvalue weighted by molar-refractivity contribution is -0.757. The molecule has 19 nitrogen and oxygen atoms in total. The Labute approximate surface area is 295 Å². The van der Waals surface area contributed by atoms with Crippen molar-refractivity contribution in [3.8, 4) is 22.5 Å². The molecule has 0 aliphatic rings. The first-order valence-electron chi connectivity index (χ1n) is 15.9. The summed E-state index contributed by atoms with van der Waals surface area (Å²) < 4.78 is 17.1. The minimum atomic E-state index is -1.01. The fraction of sp³-hybridized carbons (Fsp3) is 0.419. The van der Waals surface area contributed by atoms with Crippen LogP contribution >= 0.6 is 11.6 Å². The number of benzene rings is 2. The Morgan fingerprint density at radius 1 is 0.902 bits per heavy atom. The number of rotatable bonds is 20. The van der Waals surface area contributed by atoms with E-state index in [0.717, 1.165) is 34.3 Å². The number of hydrogen-bond acceptors (Lipinski definition) is 15. The summed E-state index contributed by atoms with van der Waals surface area (Å²) in [5.74, 6) is 0.208. The van der Waals surface area contributed by atoms with Crippen LogP contribution < -0.4 is 0 Å². The average molecular weight is 731 g/mol. The largest absolute Gasteiger partial charge is 0.510 e. The van der Waals surface area contributed by atoms with Gasteiger partial charge in [0.05, 0.1) is 26.4 Å². The second kappa shape index (κ2) is 18.8. The van der Waals surface area contributed by atoms with Crippen LogP contribution in [0.15, 0.2) is 48.5 Å². The molecule has 0 bridgehead atoms. The van der Waals surface area contributed by atoms with Gasteiger partial charge in [0.25, 0.3) is 10.2 Å². The number of tetrazole rings is 1. The lowest BCUT2D eigenvalue weighted by Crippen LogP contribution is -2.18. The van der Waals surface area contributed by atoms with Gasteiger partial charge in [0.1, 0.15) is 5.82 Å². The lowest BCUT2D eigenvalue weighted by Gasteiger charge is -2.13. The number of imidazole rings is 1. The van der Waals surface area contributed by atoms with Crippen LogP contribution in [0.5, 0.6) is 0 Å². The standard InChI is InChI=1S/C31H35ClN8O11/c1-3-4-11-26-33-28(32)27(30(41)47-16-7-18-49-39(43)44)37(26)20-22-12-14-23(15-13-22)24-9-5-6-10-25(24)29-34-36-38(35-29)21(2)51-31(42)48-17-8-19-50-40(45)46/h5-6,9-10,12-15,21H,3-4,7-8,11,16-20H2,1-2H3. The number of nitrogens with zero attached hydrogens (tertiary/aromatic N) is 8. The smallest absolute Gasteiger partial charge is 0.461 e. The van der Waals surface area contributed by atoms with Gasteiger partial charge in [-0.3, -0.25) is 0 Å². The van der Waals surface area contributed by atoms with Crippen molar-refractivity contribution >= 4 is 23.7 Å². The van der Waals surface area contributed by atoms with Crippen molar-refractivity contribution in [2.45, 2.75) is 58.7 Å². The van der Waals surface area contributed by atoms with Crippen LogP contribution in [0.4, 0.5) is 4.79 Å². The Hall–Kier alpha value is -5.85. The molecule has 2 aromatic heterocycles. The van der Waals surface area contributed by atoms with E-state index in [9.17, 15) is 29.8 Å². The third kappa shape index (κ3) is 11.1. The second-order valence-corrected chi connectivity index (χ2v) is 11.2. The number of unbranched alkanes of at least 4 members (excludes halogenated alkanes) is 1. The number of halogens is 1. The molecule has 0 saturated heterocycles. The molecule has 0 aliphatic heterocycles. The fourth-order valence-electron chi connectivity index (χ4n) is 4.75. The first-order valence-corrected chi connectivity index (χ1v) is 16.2. The summed E-state index contributed by atoms with van der Waals surface area (Å²) in [6.45, 7) is 3.16. The van der Waals surface area contributed by atoms with E-state index in [-0.39, 0.29) is 62.5 Å². The molecule has 0 aliphatic carbocycles. The molecule has 4 rings (SSSR count). The molecule has 2 aromatic carbocycles. The van der Waals surface area contributed by atoms with Crippen LogP contribution in [0.25, 0.3) is 22.5 Å². The van der Waals surface area contributed by atoms with Crippen LogP contribution in [0, 0.1) is 20.2 Å². The highest BCUT2D eigenvalue weighted by Gasteiger charge is 2.24. The van der Waals surface area contributed by atoms with Crippen molar-refractivity contribution in [2.24, 2.45) is 0 Å². The van der Waals surface area contributed by atoms with Gasteiger partial charge in [-0.15, -0.1) is 35.2 Å². The molecule has 2 heterocycles. The van der Waals surface area contributed by atoms with Gasteiger partial charge in [0.2, 0.25) is 12.1 Å². The van der Waals surface area contributed by atoms with E-state index >= 15 is 0 Å². The summed E-state index contributed by atoms with van der Waals surface area (Å²) in [4.78, 5) is 59.6. The van der Waals surface area contributed by atoms with E-state index in [1.807, 2.05) is 55.5 Å². The maximum Gasteiger partial charge on any atom is 0.510 e. The van der Waals surface area contributed by atoms with Crippen LogP contribution in [0.2, 0.25) is 5.15 Å². The van der Waals surface area contributed by atoms with Crippen molar-refractivity contribution in [3.63, 3.8) is 0 Å². The minimum absolute atomic E-state index is 0.00986. The summed E-state index contributed by atoms with van der Waals surface area (Å²) in [5.41, 5.74) is 3.24. The van der Waals surface area contributed by atoms with Gasteiger partial charge in [-0.25, -0.2) is 14.6 Å². The number of esters is 1. The molecule has 0 N–H and O–H groups in total. The van der Waals surface area contributed by atoms with E-state index in [1.54, 1.807) is 4.57 Å². The van der Waals surface area contributed by atoms with Crippen molar-refractivity contribution in [1.29, 1.82) is 0 Å². The first kappa shape index (κ1) is 38.0. The SMILES string of the molecule is CCCCc1nc(Cl)c(C(=O)OCCCO[N+](=O)[O-])n1Cc1ccc(-c2ccccc2-c2nnn(C(C)OC(=O)OCCCO[N+](=O)[O-])n2)cc1. The fourth-order valence-corrected chi connectivity index (χ4v) is 5.03. The molecule has 1 unspecified atom stereocenters. The molecule has 4 aromatic rings. The van der Waals surface area contributed by atoms with E-state index in [0.29, 0.717) is 17.8 Å². The summed E-state index contributed by atoms with van der Waals surface area (Å²) in [6.07, 6.45) is 0.575. The van der Waals surface area contributed by atoms with Crippen molar-refractivity contribution in [3.05, 3.63) is 91.0 Å². The molecule has 0 amide bonds. The predicted molar refractivity (Wildman–Crippen MR) is 176 cm³/mol. The predicted octanol–water partition coefficient (Wildman–Crippen LogP) is 5.27.